The van der Waals surface area contributed by atoms with Crippen LogP contribution in [0.25, 0.3) is 0 Å². The first-order valence-corrected chi connectivity index (χ1v) is 6.83. The molecule has 1 heterocycles. The second kappa shape index (κ2) is 5.16. The van der Waals surface area contributed by atoms with Crippen LogP contribution in [0.4, 0.5) is 4.79 Å². The number of urea groups is 1. The zero-order valence-electron chi connectivity index (χ0n) is 10.9. The van der Waals surface area contributed by atoms with E-state index in [2.05, 4.69) is 5.32 Å². The van der Waals surface area contributed by atoms with Gasteiger partial charge >= 0.3 is 12.0 Å². The third kappa shape index (κ3) is 2.76. The van der Waals surface area contributed by atoms with Gasteiger partial charge in [-0.1, -0.05) is 12.8 Å². The molecule has 0 radical (unpaired) electrons. The van der Waals surface area contributed by atoms with Gasteiger partial charge in [-0.15, -0.1) is 0 Å². The maximum atomic E-state index is 12.2. The minimum absolute atomic E-state index is 0.0426. The van der Waals surface area contributed by atoms with Gasteiger partial charge in [0.2, 0.25) is 0 Å². The minimum Gasteiger partial charge on any atom is -0.481 e. The summed E-state index contributed by atoms with van der Waals surface area (Å²) in [6.07, 6.45) is 5.70. The van der Waals surface area contributed by atoms with Crippen molar-refractivity contribution in [1.82, 2.24) is 10.2 Å². The normalized spacial score (nSPS) is 26.3. The van der Waals surface area contributed by atoms with Gasteiger partial charge in [0.05, 0.1) is 12.0 Å². The molecule has 1 saturated carbocycles. The molecule has 0 aromatic carbocycles. The van der Waals surface area contributed by atoms with E-state index in [0.717, 1.165) is 45.1 Å². The Kier molecular flexibility index (Phi) is 3.78. The van der Waals surface area contributed by atoms with Crippen LogP contribution in [0.3, 0.4) is 0 Å². The van der Waals surface area contributed by atoms with Crippen molar-refractivity contribution in [2.75, 3.05) is 6.54 Å². The number of carboxylic acid groups (broad SMARTS) is 1. The lowest BCUT2D eigenvalue weighted by Crippen LogP contribution is -2.53. The third-order valence-corrected chi connectivity index (χ3v) is 4.24. The van der Waals surface area contributed by atoms with E-state index in [1.54, 1.807) is 0 Å². The number of aliphatic carboxylic acids is 1. The molecular weight excluding hydrogens is 232 g/mol. The van der Waals surface area contributed by atoms with Crippen molar-refractivity contribution in [2.45, 2.75) is 63.5 Å². The number of hydrogen-bond donors (Lipinski definition) is 2. The van der Waals surface area contributed by atoms with E-state index in [0.29, 0.717) is 0 Å². The third-order valence-electron chi connectivity index (χ3n) is 4.24. The predicted molar refractivity (Wildman–Crippen MR) is 67.4 cm³/mol. The summed E-state index contributed by atoms with van der Waals surface area (Å²) in [6.45, 7) is 2.83. The Morgan fingerprint density at radius 1 is 1.33 bits per heavy atom. The maximum absolute atomic E-state index is 12.2. The minimum atomic E-state index is -0.827. The number of likely N-dealkylation sites (tertiary alicyclic amines) is 1. The highest BCUT2D eigenvalue weighted by molar-refractivity contribution is 5.77. The van der Waals surface area contributed by atoms with Crippen molar-refractivity contribution < 1.29 is 14.7 Å². The second-order valence-electron chi connectivity index (χ2n) is 5.67. The van der Waals surface area contributed by atoms with Crippen LogP contribution in [0, 0.1) is 0 Å². The molecule has 2 aliphatic rings. The molecule has 2 amide bonds. The zero-order valence-corrected chi connectivity index (χ0v) is 10.9. The molecule has 102 valence electrons. The van der Waals surface area contributed by atoms with E-state index in [4.69, 9.17) is 5.11 Å². The average Bonchev–Trinajstić information content (AvgIpc) is 2.86. The molecule has 1 unspecified atom stereocenters. The van der Waals surface area contributed by atoms with Gasteiger partial charge in [-0.25, -0.2) is 4.79 Å². The van der Waals surface area contributed by atoms with E-state index in [1.807, 2.05) is 11.8 Å². The van der Waals surface area contributed by atoms with Gasteiger partial charge in [0.25, 0.3) is 0 Å². The van der Waals surface area contributed by atoms with Gasteiger partial charge in [0.1, 0.15) is 0 Å². The highest BCUT2D eigenvalue weighted by Crippen LogP contribution is 2.33. The van der Waals surface area contributed by atoms with Crippen LogP contribution in [0.1, 0.15) is 51.9 Å². The Balaban J connectivity index is 2.00. The van der Waals surface area contributed by atoms with Crippen molar-refractivity contribution in [1.29, 1.82) is 0 Å². The summed E-state index contributed by atoms with van der Waals surface area (Å²) in [6, 6.07) is 0.191. The lowest BCUT2D eigenvalue weighted by atomic mass is 9.93. The summed E-state index contributed by atoms with van der Waals surface area (Å²) in [4.78, 5) is 25.0. The van der Waals surface area contributed by atoms with E-state index in [9.17, 15) is 9.59 Å². The number of nitrogens with zero attached hydrogens (tertiary/aromatic N) is 1. The molecule has 2 N–H and O–H groups in total. The molecule has 18 heavy (non-hydrogen) atoms. The Morgan fingerprint density at radius 3 is 2.50 bits per heavy atom. The van der Waals surface area contributed by atoms with Gasteiger partial charge < -0.3 is 15.3 Å². The standard InChI is InChI=1S/C13H22N2O3/c1-10-5-4-8-15(10)12(18)14-13(9-11(16)17)6-2-3-7-13/h10H,2-9H2,1H3,(H,14,18)(H,16,17). The predicted octanol–water partition coefficient (Wildman–Crippen LogP) is 1.97. The summed E-state index contributed by atoms with van der Waals surface area (Å²) in [5, 5.41) is 12.0. The van der Waals surface area contributed by atoms with Crippen LogP contribution in [-0.4, -0.2) is 40.1 Å². The largest absolute Gasteiger partial charge is 0.481 e. The first-order chi connectivity index (χ1) is 8.52. The van der Waals surface area contributed by atoms with Crippen LogP contribution >= 0.6 is 0 Å². The van der Waals surface area contributed by atoms with E-state index >= 15 is 0 Å². The van der Waals surface area contributed by atoms with Crippen molar-refractivity contribution in [3.05, 3.63) is 0 Å². The first kappa shape index (κ1) is 13.2. The SMILES string of the molecule is CC1CCCN1C(=O)NC1(CC(=O)O)CCCC1. The summed E-state index contributed by atoms with van der Waals surface area (Å²) in [5.74, 6) is -0.827. The highest BCUT2D eigenvalue weighted by Gasteiger charge is 2.39. The van der Waals surface area contributed by atoms with Crippen molar-refractivity contribution >= 4 is 12.0 Å². The molecule has 0 spiro atoms. The number of carboxylic acids is 1. The van der Waals surface area contributed by atoms with Crippen LogP contribution in [0.2, 0.25) is 0 Å². The fraction of sp³-hybridized carbons (Fsp3) is 0.846. The number of hydrogen-bond acceptors (Lipinski definition) is 2. The summed E-state index contributed by atoms with van der Waals surface area (Å²) in [5.41, 5.74) is -0.509. The number of amides is 2. The Hall–Kier alpha value is -1.26. The van der Waals surface area contributed by atoms with E-state index in [1.165, 1.54) is 0 Å². The Bertz CT molecular complexity index is 337. The van der Waals surface area contributed by atoms with Gasteiger partial charge in [-0.2, -0.15) is 0 Å². The second-order valence-corrected chi connectivity index (χ2v) is 5.67. The van der Waals surface area contributed by atoms with Crippen molar-refractivity contribution in [3.8, 4) is 0 Å². The number of carbonyl (C=O) groups excluding carboxylic acids is 1. The number of nitrogens with one attached hydrogen (secondary N) is 1. The maximum Gasteiger partial charge on any atom is 0.318 e. The lowest BCUT2D eigenvalue weighted by molar-refractivity contribution is -0.138. The molecule has 5 heteroatoms. The highest BCUT2D eigenvalue weighted by atomic mass is 16.4. The molecule has 1 aliphatic heterocycles. The Morgan fingerprint density at radius 2 is 2.00 bits per heavy atom. The van der Waals surface area contributed by atoms with Crippen LogP contribution in [0.5, 0.6) is 0 Å². The number of carbonyl (C=O) groups is 2. The Labute approximate surface area is 108 Å². The summed E-state index contributed by atoms with van der Waals surface area (Å²) in [7, 11) is 0. The molecule has 1 saturated heterocycles. The van der Waals surface area contributed by atoms with Crippen LogP contribution in [0.15, 0.2) is 0 Å². The molecule has 0 bridgehead atoms. The molecule has 0 aromatic rings. The van der Waals surface area contributed by atoms with E-state index in [-0.39, 0.29) is 18.5 Å². The molecule has 2 rings (SSSR count). The quantitative estimate of drug-likeness (QED) is 0.809. The molecule has 1 atom stereocenters. The molecule has 1 aliphatic carbocycles. The van der Waals surface area contributed by atoms with E-state index < -0.39 is 11.5 Å². The fourth-order valence-electron chi connectivity index (χ4n) is 3.22. The van der Waals surface area contributed by atoms with Crippen molar-refractivity contribution in [2.24, 2.45) is 0 Å². The van der Waals surface area contributed by atoms with Crippen molar-refractivity contribution in [3.63, 3.8) is 0 Å². The lowest BCUT2D eigenvalue weighted by Gasteiger charge is -2.32. The van der Waals surface area contributed by atoms with Crippen LogP contribution < -0.4 is 5.32 Å². The summed E-state index contributed by atoms with van der Waals surface area (Å²) < 4.78 is 0. The smallest absolute Gasteiger partial charge is 0.318 e. The number of rotatable bonds is 3. The monoisotopic (exact) mass is 254 g/mol. The van der Waals surface area contributed by atoms with Gasteiger partial charge in [0.15, 0.2) is 0 Å². The molecule has 2 fully saturated rings. The average molecular weight is 254 g/mol. The zero-order chi connectivity index (χ0) is 13.2. The van der Waals surface area contributed by atoms with Gasteiger partial charge in [-0.05, 0) is 32.6 Å². The summed E-state index contributed by atoms with van der Waals surface area (Å²) >= 11 is 0. The molecule has 0 aromatic heterocycles. The fourth-order valence-corrected chi connectivity index (χ4v) is 3.22. The van der Waals surface area contributed by atoms with Crippen LogP contribution in [-0.2, 0) is 4.79 Å². The van der Waals surface area contributed by atoms with Gasteiger partial charge in [0, 0.05) is 12.6 Å². The first-order valence-electron chi connectivity index (χ1n) is 6.83. The molecular formula is C13H22N2O3. The van der Waals surface area contributed by atoms with Gasteiger partial charge in [-0.3, -0.25) is 4.79 Å². The topological polar surface area (TPSA) is 69.6 Å². The molecule has 5 nitrogen and oxygen atoms in total.